The number of halogens is 1. The molecule has 4 heterocycles. The first-order valence-corrected chi connectivity index (χ1v) is 10.7. The highest BCUT2D eigenvalue weighted by atomic mass is 35.5. The van der Waals surface area contributed by atoms with Crippen molar-refractivity contribution in [3.05, 3.63) is 68.4 Å². The van der Waals surface area contributed by atoms with Crippen molar-refractivity contribution >= 4 is 33.2 Å². The molecule has 1 aliphatic rings. The van der Waals surface area contributed by atoms with Crippen LogP contribution in [0, 0.1) is 0 Å². The zero-order valence-corrected chi connectivity index (χ0v) is 17.8. The van der Waals surface area contributed by atoms with E-state index in [4.69, 9.17) is 21.3 Å². The molecular weight excluding hydrogens is 422 g/mol. The molecule has 0 spiro atoms. The zero-order valence-electron chi connectivity index (χ0n) is 16.2. The first-order valence-electron chi connectivity index (χ1n) is 9.48. The van der Waals surface area contributed by atoms with Crippen LogP contribution in [0.3, 0.4) is 0 Å². The van der Waals surface area contributed by atoms with Crippen LogP contribution in [-0.2, 0) is 19.5 Å². The van der Waals surface area contributed by atoms with Crippen molar-refractivity contribution in [3.63, 3.8) is 0 Å². The van der Waals surface area contributed by atoms with Crippen LogP contribution < -0.4 is 10.3 Å². The summed E-state index contributed by atoms with van der Waals surface area (Å²) in [5.41, 5.74) is 3.51. The lowest BCUT2D eigenvalue weighted by Crippen LogP contribution is -2.32. The van der Waals surface area contributed by atoms with E-state index in [0.29, 0.717) is 40.0 Å². The van der Waals surface area contributed by atoms with Crippen molar-refractivity contribution in [2.45, 2.75) is 19.5 Å². The molecule has 1 aromatic carbocycles. The van der Waals surface area contributed by atoms with Gasteiger partial charge in [0.2, 0.25) is 5.88 Å². The summed E-state index contributed by atoms with van der Waals surface area (Å²) >= 11 is 7.79. The molecule has 1 N–H and O–H groups in total. The second-order valence-corrected chi connectivity index (χ2v) is 8.36. The molecule has 30 heavy (non-hydrogen) atoms. The van der Waals surface area contributed by atoms with Crippen LogP contribution in [0.4, 0.5) is 0 Å². The molecule has 0 radical (unpaired) electrons. The van der Waals surface area contributed by atoms with Gasteiger partial charge >= 0.3 is 0 Å². The highest BCUT2D eigenvalue weighted by molar-refractivity contribution is 7.17. The van der Waals surface area contributed by atoms with Crippen molar-refractivity contribution in [1.29, 1.82) is 0 Å². The Morgan fingerprint density at radius 2 is 2.13 bits per heavy atom. The molecule has 0 saturated heterocycles. The minimum absolute atomic E-state index is 0.149. The standard InChI is InChI=1S/C21H18ClN5O2S/c1-29-20-13-8-27(7-6-16(13)23-11-24-20)9-17-25-19(28)18-14(10-30-21(18)26-17)12-4-2-3-5-15(12)22/h2-5,10-11H,6-9H2,1H3,(H,25,26,28). The van der Waals surface area contributed by atoms with E-state index in [1.54, 1.807) is 7.11 Å². The van der Waals surface area contributed by atoms with E-state index in [9.17, 15) is 4.79 Å². The van der Waals surface area contributed by atoms with Gasteiger partial charge in [0, 0.05) is 46.6 Å². The molecule has 4 aromatic rings. The van der Waals surface area contributed by atoms with Gasteiger partial charge in [-0.15, -0.1) is 11.3 Å². The second-order valence-electron chi connectivity index (χ2n) is 7.09. The molecule has 0 bridgehead atoms. The number of methoxy groups -OCH3 is 1. The molecule has 0 amide bonds. The Morgan fingerprint density at radius 1 is 1.27 bits per heavy atom. The first kappa shape index (κ1) is 19.2. The number of benzene rings is 1. The Morgan fingerprint density at radius 3 is 2.97 bits per heavy atom. The second kappa shape index (κ2) is 7.79. The number of fused-ring (bicyclic) bond motifs is 2. The number of thiophene rings is 1. The van der Waals surface area contributed by atoms with E-state index < -0.39 is 0 Å². The number of nitrogens with zero attached hydrogens (tertiary/aromatic N) is 4. The Kier molecular flexibility index (Phi) is 4.98. The van der Waals surface area contributed by atoms with E-state index >= 15 is 0 Å². The summed E-state index contributed by atoms with van der Waals surface area (Å²) in [6, 6.07) is 7.52. The van der Waals surface area contributed by atoms with Crippen molar-refractivity contribution < 1.29 is 4.74 Å². The number of hydrogen-bond donors (Lipinski definition) is 1. The third-order valence-corrected chi connectivity index (χ3v) is 6.47. The summed E-state index contributed by atoms with van der Waals surface area (Å²) in [5.74, 6) is 1.24. The number of nitrogens with one attached hydrogen (secondary N) is 1. The Labute approximate surface area is 181 Å². The van der Waals surface area contributed by atoms with E-state index in [-0.39, 0.29) is 5.56 Å². The van der Waals surface area contributed by atoms with Crippen LogP contribution in [0.15, 0.2) is 40.8 Å². The fourth-order valence-electron chi connectivity index (χ4n) is 3.84. The zero-order chi connectivity index (χ0) is 20.7. The fourth-order valence-corrected chi connectivity index (χ4v) is 5.04. The van der Waals surface area contributed by atoms with E-state index in [0.717, 1.165) is 35.3 Å². The van der Waals surface area contributed by atoms with Gasteiger partial charge in [0.05, 0.1) is 24.7 Å². The van der Waals surface area contributed by atoms with Crippen LogP contribution in [0.1, 0.15) is 17.1 Å². The Balaban J connectivity index is 1.46. The van der Waals surface area contributed by atoms with Gasteiger partial charge in [0.15, 0.2) is 0 Å². The normalized spacial score (nSPS) is 14.1. The number of rotatable bonds is 4. The monoisotopic (exact) mass is 439 g/mol. The number of hydrogen-bond acceptors (Lipinski definition) is 7. The van der Waals surface area contributed by atoms with Crippen molar-refractivity contribution in [2.75, 3.05) is 13.7 Å². The molecule has 0 aliphatic carbocycles. The molecule has 3 aromatic heterocycles. The molecule has 0 saturated carbocycles. The summed E-state index contributed by atoms with van der Waals surface area (Å²) in [6.45, 7) is 2.00. The van der Waals surface area contributed by atoms with Crippen LogP contribution >= 0.6 is 22.9 Å². The maximum Gasteiger partial charge on any atom is 0.260 e. The van der Waals surface area contributed by atoms with Gasteiger partial charge in [-0.05, 0) is 6.07 Å². The lowest BCUT2D eigenvalue weighted by Gasteiger charge is -2.27. The van der Waals surface area contributed by atoms with Gasteiger partial charge < -0.3 is 9.72 Å². The van der Waals surface area contributed by atoms with Gasteiger partial charge in [-0.25, -0.2) is 15.0 Å². The van der Waals surface area contributed by atoms with E-state index in [1.807, 2.05) is 29.6 Å². The predicted molar refractivity (Wildman–Crippen MR) is 117 cm³/mol. The van der Waals surface area contributed by atoms with E-state index in [2.05, 4.69) is 19.9 Å². The van der Waals surface area contributed by atoms with Crippen molar-refractivity contribution in [2.24, 2.45) is 0 Å². The average molecular weight is 440 g/mol. The van der Waals surface area contributed by atoms with Crippen LogP contribution in [-0.4, -0.2) is 38.5 Å². The Bertz CT molecular complexity index is 1290. The molecule has 1 aliphatic heterocycles. The number of H-pyrrole nitrogens is 1. The van der Waals surface area contributed by atoms with Crippen LogP contribution in [0.25, 0.3) is 21.3 Å². The first-order chi connectivity index (χ1) is 14.6. The van der Waals surface area contributed by atoms with Crippen molar-refractivity contribution in [3.8, 4) is 17.0 Å². The van der Waals surface area contributed by atoms with Gasteiger partial charge in [-0.3, -0.25) is 9.69 Å². The number of aromatic nitrogens is 4. The average Bonchev–Trinajstić information content (AvgIpc) is 3.18. The summed E-state index contributed by atoms with van der Waals surface area (Å²) in [6.07, 6.45) is 2.34. The summed E-state index contributed by atoms with van der Waals surface area (Å²) in [7, 11) is 1.61. The fraction of sp³-hybridized carbons (Fsp3) is 0.238. The van der Waals surface area contributed by atoms with Gasteiger partial charge in [0.25, 0.3) is 5.56 Å². The highest BCUT2D eigenvalue weighted by Gasteiger charge is 2.23. The Hall–Kier alpha value is -2.81. The van der Waals surface area contributed by atoms with Crippen LogP contribution in [0.5, 0.6) is 5.88 Å². The van der Waals surface area contributed by atoms with Crippen LogP contribution in [0.2, 0.25) is 5.02 Å². The molecule has 9 heteroatoms. The lowest BCUT2D eigenvalue weighted by atomic mass is 10.1. The molecule has 0 atom stereocenters. The maximum atomic E-state index is 12.9. The molecular formula is C21H18ClN5O2S. The van der Waals surface area contributed by atoms with Crippen molar-refractivity contribution in [1.82, 2.24) is 24.8 Å². The molecule has 7 nitrogen and oxygen atoms in total. The lowest BCUT2D eigenvalue weighted by molar-refractivity contribution is 0.230. The van der Waals surface area contributed by atoms with E-state index in [1.165, 1.54) is 17.7 Å². The molecule has 5 rings (SSSR count). The molecule has 0 fully saturated rings. The quantitative estimate of drug-likeness (QED) is 0.522. The number of ether oxygens (including phenoxy) is 1. The smallest absolute Gasteiger partial charge is 0.260 e. The summed E-state index contributed by atoms with van der Waals surface area (Å²) in [4.78, 5) is 32.1. The van der Waals surface area contributed by atoms with Gasteiger partial charge in [0.1, 0.15) is 17.0 Å². The SMILES string of the molecule is COc1ncnc2c1CN(Cc1nc3scc(-c4ccccc4Cl)c3c(=O)[nH]1)CC2. The molecule has 0 unspecified atom stereocenters. The molecule has 152 valence electrons. The highest BCUT2D eigenvalue weighted by Crippen LogP contribution is 2.35. The third kappa shape index (κ3) is 3.36. The van der Waals surface area contributed by atoms with Gasteiger partial charge in [-0.2, -0.15) is 0 Å². The topological polar surface area (TPSA) is 84.0 Å². The number of aromatic amines is 1. The maximum absolute atomic E-state index is 12.9. The minimum atomic E-state index is -0.149. The summed E-state index contributed by atoms with van der Waals surface area (Å²) < 4.78 is 5.38. The third-order valence-electron chi connectivity index (χ3n) is 5.27. The summed E-state index contributed by atoms with van der Waals surface area (Å²) in [5, 5.41) is 3.14. The van der Waals surface area contributed by atoms with Gasteiger partial charge in [-0.1, -0.05) is 29.8 Å². The predicted octanol–water partition coefficient (Wildman–Crippen LogP) is 3.66. The minimum Gasteiger partial charge on any atom is -0.481 e. The largest absolute Gasteiger partial charge is 0.481 e.